The van der Waals surface area contributed by atoms with Gasteiger partial charge < -0.3 is 5.32 Å². The highest BCUT2D eigenvalue weighted by Gasteiger charge is 2.17. The van der Waals surface area contributed by atoms with Crippen LogP contribution < -0.4 is 5.32 Å². The molecule has 9 heteroatoms. The van der Waals surface area contributed by atoms with Crippen LogP contribution in [0.4, 0.5) is 5.13 Å². The predicted molar refractivity (Wildman–Crippen MR) is 118 cm³/mol. The first-order chi connectivity index (χ1) is 13.6. The van der Waals surface area contributed by atoms with Gasteiger partial charge in [0.2, 0.25) is 5.91 Å². The third-order valence-electron chi connectivity index (χ3n) is 3.88. The number of aromatic nitrogens is 4. The maximum atomic E-state index is 12.2. The second kappa shape index (κ2) is 9.81. The van der Waals surface area contributed by atoms with Gasteiger partial charge in [-0.05, 0) is 43.4 Å². The third-order valence-corrected chi connectivity index (χ3v) is 6.35. The number of aromatic amines is 1. The highest BCUT2D eigenvalue weighted by Crippen LogP contribution is 2.31. The van der Waals surface area contributed by atoms with Gasteiger partial charge in [0.15, 0.2) is 15.7 Å². The first-order valence-electron chi connectivity index (χ1n) is 8.80. The predicted octanol–water partition coefficient (Wildman–Crippen LogP) is 5.07. The number of thioether (sulfide) groups is 1. The van der Waals surface area contributed by atoms with E-state index in [-0.39, 0.29) is 5.91 Å². The van der Waals surface area contributed by atoms with E-state index in [1.165, 1.54) is 16.2 Å². The standard InChI is InChI=1S/C19H21N5OS3/c1-3-11-24-17(22-23-19(24)26)16-13(2)20-18(28-16)21-15(25)10-7-12-27-14-8-5-4-6-9-14/h3-6,8-9H,1,7,10-12H2,2H3,(H,23,26)(H,20,21,25). The number of benzene rings is 1. The van der Waals surface area contributed by atoms with Crippen LogP contribution >= 0.6 is 35.3 Å². The second-order valence-corrected chi connectivity index (χ2v) is 8.55. The Bertz CT molecular complexity index is 1010. The minimum Gasteiger partial charge on any atom is -0.302 e. The summed E-state index contributed by atoms with van der Waals surface area (Å²) in [4.78, 5) is 18.8. The largest absolute Gasteiger partial charge is 0.302 e. The van der Waals surface area contributed by atoms with Gasteiger partial charge in [0.1, 0.15) is 0 Å². The summed E-state index contributed by atoms with van der Waals surface area (Å²) >= 11 is 8.42. The van der Waals surface area contributed by atoms with Gasteiger partial charge in [0, 0.05) is 17.9 Å². The van der Waals surface area contributed by atoms with E-state index >= 15 is 0 Å². The third kappa shape index (κ3) is 5.18. The fourth-order valence-corrected chi connectivity index (χ4v) is 4.63. The number of carbonyl (C=O) groups excluding carboxylic acids is 1. The SMILES string of the molecule is C=CCn1c(-c2sc(NC(=O)CCCSc3ccccc3)nc2C)n[nH]c1=S. The molecule has 146 valence electrons. The van der Waals surface area contributed by atoms with E-state index < -0.39 is 0 Å². The van der Waals surface area contributed by atoms with Crippen molar-refractivity contribution in [2.45, 2.75) is 31.2 Å². The molecular formula is C19H21N5OS3. The highest BCUT2D eigenvalue weighted by molar-refractivity contribution is 7.99. The molecule has 0 radical (unpaired) electrons. The molecular weight excluding hydrogens is 410 g/mol. The van der Waals surface area contributed by atoms with E-state index in [0.717, 1.165) is 22.7 Å². The summed E-state index contributed by atoms with van der Waals surface area (Å²) in [6, 6.07) is 10.2. The minimum absolute atomic E-state index is 0.0288. The van der Waals surface area contributed by atoms with Gasteiger partial charge in [0.05, 0.1) is 10.6 Å². The number of anilines is 1. The summed E-state index contributed by atoms with van der Waals surface area (Å²) < 4.78 is 2.39. The molecule has 1 amide bonds. The van der Waals surface area contributed by atoms with Crippen LogP contribution in [0, 0.1) is 11.7 Å². The molecule has 0 spiro atoms. The molecule has 0 aliphatic rings. The van der Waals surface area contributed by atoms with Crippen LogP contribution in [0.5, 0.6) is 0 Å². The van der Waals surface area contributed by atoms with Crippen molar-refractivity contribution < 1.29 is 4.79 Å². The monoisotopic (exact) mass is 431 g/mol. The Morgan fingerprint density at radius 3 is 2.96 bits per heavy atom. The maximum Gasteiger partial charge on any atom is 0.226 e. The number of aryl methyl sites for hydroxylation is 1. The molecule has 0 bridgehead atoms. The normalized spacial score (nSPS) is 10.8. The zero-order chi connectivity index (χ0) is 19.9. The van der Waals surface area contributed by atoms with Crippen molar-refractivity contribution in [2.75, 3.05) is 11.1 Å². The van der Waals surface area contributed by atoms with Gasteiger partial charge in [-0.15, -0.1) is 18.3 Å². The number of H-pyrrole nitrogens is 1. The summed E-state index contributed by atoms with van der Waals surface area (Å²) in [5.41, 5.74) is 0.805. The molecule has 2 N–H and O–H groups in total. The number of thiazole rings is 1. The summed E-state index contributed by atoms with van der Waals surface area (Å²) in [5.74, 6) is 1.58. The highest BCUT2D eigenvalue weighted by atomic mass is 32.2. The molecule has 3 aromatic rings. The summed E-state index contributed by atoms with van der Waals surface area (Å²) in [7, 11) is 0. The van der Waals surface area contributed by atoms with Crippen LogP contribution in [0.2, 0.25) is 0 Å². The quantitative estimate of drug-likeness (QED) is 0.214. The summed E-state index contributed by atoms with van der Waals surface area (Å²) in [6.45, 7) is 6.21. The van der Waals surface area contributed by atoms with Gasteiger partial charge in [-0.3, -0.25) is 14.5 Å². The lowest BCUT2D eigenvalue weighted by Crippen LogP contribution is -2.11. The molecule has 0 saturated carbocycles. The fourth-order valence-electron chi connectivity index (χ4n) is 2.57. The molecule has 1 aromatic carbocycles. The lowest BCUT2D eigenvalue weighted by Gasteiger charge is -2.02. The average Bonchev–Trinajstić information content (AvgIpc) is 3.22. The van der Waals surface area contributed by atoms with E-state index in [1.807, 2.05) is 29.7 Å². The Morgan fingerprint density at radius 2 is 2.21 bits per heavy atom. The maximum absolute atomic E-state index is 12.2. The van der Waals surface area contributed by atoms with E-state index in [2.05, 4.69) is 39.2 Å². The smallest absolute Gasteiger partial charge is 0.226 e. The summed E-state index contributed by atoms with van der Waals surface area (Å²) in [5, 5.41) is 10.6. The van der Waals surface area contributed by atoms with Crippen molar-refractivity contribution in [1.82, 2.24) is 19.7 Å². The van der Waals surface area contributed by atoms with E-state index in [9.17, 15) is 4.79 Å². The molecule has 3 rings (SSSR count). The Hall–Kier alpha value is -2.23. The topological polar surface area (TPSA) is 75.6 Å². The van der Waals surface area contributed by atoms with E-state index in [0.29, 0.717) is 28.7 Å². The van der Waals surface area contributed by atoms with Crippen LogP contribution in [-0.2, 0) is 11.3 Å². The number of rotatable bonds is 9. The molecule has 0 atom stereocenters. The fraction of sp³-hybridized carbons (Fsp3) is 0.263. The van der Waals surface area contributed by atoms with Gasteiger partial charge >= 0.3 is 0 Å². The number of nitrogens with one attached hydrogen (secondary N) is 2. The number of carbonyl (C=O) groups is 1. The van der Waals surface area contributed by atoms with Crippen LogP contribution in [0.1, 0.15) is 18.5 Å². The van der Waals surface area contributed by atoms with Crippen molar-refractivity contribution >= 4 is 46.4 Å². The molecule has 0 fully saturated rings. The van der Waals surface area contributed by atoms with E-state index in [4.69, 9.17) is 12.2 Å². The van der Waals surface area contributed by atoms with Crippen LogP contribution in [0.15, 0.2) is 47.9 Å². The first kappa shape index (κ1) is 20.5. The van der Waals surface area contributed by atoms with Crippen molar-refractivity contribution in [3.8, 4) is 10.7 Å². The number of allylic oxidation sites excluding steroid dienone is 1. The molecule has 0 unspecified atom stereocenters. The Balaban J connectivity index is 1.57. The lowest BCUT2D eigenvalue weighted by atomic mass is 10.3. The van der Waals surface area contributed by atoms with Gasteiger partial charge in [0.25, 0.3) is 0 Å². The number of amides is 1. The Morgan fingerprint density at radius 1 is 1.43 bits per heavy atom. The van der Waals surface area contributed by atoms with Crippen molar-refractivity contribution in [3.05, 3.63) is 53.5 Å². The average molecular weight is 432 g/mol. The van der Waals surface area contributed by atoms with Crippen LogP contribution in [-0.4, -0.2) is 31.4 Å². The lowest BCUT2D eigenvalue weighted by molar-refractivity contribution is -0.116. The van der Waals surface area contributed by atoms with Crippen molar-refractivity contribution in [1.29, 1.82) is 0 Å². The van der Waals surface area contributed by atoms with Crippen molar-refractivity contribution in [2.24, 2.45) is 0 Å². The van der Waals surface area contributed by atoms with Crippen LogP contribution in [0.3, 0.4) is 0 Å². The van der Waals surface area contributed by atoms with Gasteiger partial charge in [-0.2, -0.15) is 5.10 Å². The summed E-state index contributed by atoms with van der Waals surface area (Å²) in [6.07, 6.45) is 3.03. The number of hydrogen-bond acceptors (Lipinski definition) is 6. The van der Waals surface area contributed by atoms with E-state index in [1.54, 1.807) is 17.8 Å². The molecule has 2 aromatic heterocycles. The first-order valence-corrected chi connectivity index (χ1v) is 11.0. The molecule has 6 nitrogen and oxygen atoms in total. The number of hydrogen-bond donors (Lipinski definition) is 2. The van der Waals surface area contributed by atoms with Crippen LogP contribution in [0.25, 0.3) is 10.7 Å². The van der Waals surface area contributed by atoms with Crippen molar-refractivity contribution in [3.63, 3.8) is 0 Å². The molecule has 0 saturated heterocycles. The minimum atomic E-state index is -0.0288. The Kier molecular flexibility index (Phi) is 7.18. The molecule has 0 aliphatic carbocycles. The molecule has 0 aliphatic heterocycles. The Labute approximate surface area is 177 Å². The zero-order valence-electron chi connectivity index (χ0n) is 15.5. The number of nitrogens with zero attached hydrogens (tertiary/aromatic N) is 3. The van der Waals surface area contributed by atoms with Gasteiger partial charge in [-0.25, -0.2) is 4.98 Å². The molecule has 2 heterocycles. The molecule has 28 heavy (non-hydrogen) atoms. The zero-order valence-corrected chi connectivity index (χ0v) is 17.9. The second-order valence-electron chi connectivity index (χ2n) is 6.00. The van der Waals surface area contributed by atoms with Gasteiger partial charge in [-0.1, -0.05) is 35.6 Å².